The molecule has 3 unspecified atom stereocenters. The molecule has 0 spiro atoms. The highest BCUT2D eigenvalue weighted by Gasteiger charge is 2.46. The second-order valence-corrected chi connectivity index (χ2v) is 5.95. The molecule has 0 aromatic carbocycles. The summed E-state index contributed by atoms with van der Waals surface area (Å²) >= 11 is 0. The average molecular weight is 241 g/mol. The van der Waals surface area contributed by atoms with Gasteiger partial charge in [0.15, 0.2) is 0 Å². The number of epoxide rings is 1. The summed E-state index contributed by atoms with van der Waals surface area (Å²) in [5.74, 6) is 0. The van der Waals surface area contributed by atoms with E-state index in [2.05, 4.69) is 0 Å². The number of carbonyl (C=O) groups excluding carboxylic acids is 1. The quantitative estimate of drug-likeness (QED) is 0.698. The van der Waals surface area contributed by atoms with Crippen LogP contribution >= 0.6 is 0 Å². The number of amides is 1. The monoisotopic (exact) mass is 241 g/mol. The molecule has 17 heavy (non-hydrogen) atoms. The second-order valence-electron chi connectivity index (χ2n) is 5.95. The summed E-state index contributed by atoms with van der Waals surface area (Å²) in [5, 5.41) is 0. The Bertz CT molecular complexity index is 298. The Hall–Kier alpha value is -0.770. The van der Waals surface area contributed by atoms with E-state index in [0.29, 0.717) is 24.8 Å². The molecule has 4 heteroatoms. The fourth-order valence-corrected chi connectivity index (χ4v) is 2.52. The minimum Gasteiger partial charge on any atom is -0.444 e. The fraction of sp³-hybridized carbons (Fsp3) is 0.923. The van der Waals surface area contributed by atoms with Gasteiger partial charge < -0.3 is 14.4 Å². The van der Waals surface area contributed by atoms with Crippen molar-refractivity contribution in [3.63, 3.8) is 0 Å². The SMILES string of the molecule is CCN(C(=O)OC(C)(C)C)C1CCC2OC2C1. The summed E-state index contributed by atoms with van der Waals surface area (Å²) in [5.41, 5.74) is -0.419. The van der Waals surface area contributed by atoms with Gasteiger partial charge in [-0.1, -0.05) is 0 Å². The third-order valence-corrected chi connectivity index (χ3v) is 3.39. The van der Waals surface area contributed by atoms with Crippen LogP contribution in [0.3, 0.4) is 0 Å². The van der Waals surface area contributed by atoms with Gasteiger partial charge in [-0.05, 0) is 47.0 Å². The van der Waals surface area contributed by atoms with Crippen molar-refractivity contribution < 1.29 is 14.3 Å². The summed E-state index contributed by atoms with van der Waals surface area (Å²) < 4.78 is 10.9. The van der Waals surface area contributed by atoms with E-state index in [4.69, 9.17) is 9.47 Å². The van der Waals surface area contributed by atoms with Crippen LogP contribution in [0.2, 0.25) is 0 Å². The first-order valence-electron chi connectivity index (χ1n) is 6.56. The van der Waals surface area contributed by atoms with Gasteiger partial charge in [0.25, 0.3) is 0 Å². The fourth-order valence-electron chi connectivity index (χ4n) is 2.52. The molecule has 0 radical (unpaired) electrons. The van der Waals surface area contributed by atoms with Crippen molar-refractivity contribution in [2.24, 2.45) is 0 Å². The number of fused-ring (bicyclic) bond motifs is 1. The first kappa shape index (κ1) is 12.7. The van der Waals surface area contributed by atoms with E-state index in [1.54, 1.807) is 0 Å². The van der Waals surface area contributed by atoms with Crippen molar-refractivity contribution >= 4 is 6.09 Å². The van der Waals surface area contributed by atoms with Crippen LogP contribution in [-0.2, 0) is 9.47 Å². The maximum absolute atomic E-state index is 12.1. The lowest BCUT2D eigenvalue weighted by Crippen LogP contribution is -2.45. The largest absolute Gasteiger partial charge is 0.444 e. The molecule has 1 saturated heterocycles. The molecule has 0 aromatic heterocycles. The molecular formula is C13H23NO3. The summed E-state index contributed by atoms with van der Waals surface area (Å²) in [6.45, 7) is 8.42. The van der Waals surface area contributed by atoms with Gasteiger partial charge in [-0.2, -0.15) is 0 Å². The summed E-state index contributed by atoms with van der Waals surface area (Å²) in [6, 6.07) is 0.290. The number of nitrogens with zero attached hydrogens (tertiary/aromatic N) is 1. The first-order valence-corrected chi connectivity index (χ1v) is 6.56. The van der Waals surface area contributed by atoms with Gasteiger partial charge in [0.1, 0.15) is 5.60 Å². The van der Waals surface area contributed by atoms with E-state index in [-0.39, 0.29) is 6.09 Å². The van der Waals surface area contributed by atoms with Crippen LogP contribution in [-0.4, -0.2) is 41.4 Å². The molecule has 1 aliphatic heterocycles. The van der Waals surface area contributed by atoms with Crippen molar-refractivity contribution in [3.05, 3.63) is 0 Å². The Kier molecular flexibility index (Phi) is 3.34. The van der Waals surface area contributed by atoms with Gasteiger partial charge in [0, 0.05) is 12.6 Å². The van der Waals surface area contributed by atoms with E-state index in [1.165, 1.54) is 0 Å². The highest BCUT2D eigenvalue weighted by molar-refractivity contribution is 5.68. The molecule has 4 nitrogen and oxygen atoms in total. The molecule has 0 bridgehead atoms. The predicted molar refractivity (Wildman–Crippen MR) is 64.9 cm³/mol. The van der Waals surface area contributed by atoms with Crippen LogP contribution < -0.4 is 0 Å². The molecule has 2 rings (SSSR count). The molecule has 0 N–H and O–H groups in total. The Morgan fingerprint density at radius 2 is 2.06 bits per heavy atom. The summed E-state index contributed by atoms with van der Waals surface area (Å²) in [6.07, 6.45) is 3.76. The van der Waals surface area contributed by atoms with Gasteiger partial charge in [0.2, 0.25) is 0 Å². The third-order valence-electron chi connectivity index (χ3n) is 3.39. The maximum Gasteiger partial charge on any atom is 0.410 e. The lowest BCUT2D eigenvalue weighted by Gasteiger charge is -2.33. The van der Waals surface area contributed by atoms with Crippen molar-refractivity contribution in [1.29, 1.82) is 0 Å². The van der Waals surface area contributed by atoms with Crippen molar-refractivity contribution in [2.45, 2.75) is 70.8 Å². The van der Waals surface area contributed by atoms with Crippen molar-refractivity contribution in [1.82, 2.24) is 4.90 Å². The molecule has 2 fully saturated rings. The molecule has 98 valence electrons. The number of carbonyl (C=O) groups is 1. The van der Waals surface area contributed by atoms with Gasteiger partial charge in [-0.25, -0.2) is 4.79 Å². The lowest BCUT2D eigenvalue weighted by molar-refractivity contribution is 0.0143. The molecule has 1 aliphatic carbocycles. The molecule has 3 atom stereocenters. The minimum atomic E-state index is -0.419. The van der Waals surface area contributed by atoms with Crippen LogP contribution in [0.4, 0.5) is 4.79 Å². The zero-order valence-corrected chi connectivity index (χ0v) is 11.2. The first-order chi connectivity index (χ1) is 7.90. The van der Waals surface area contributed by atoms with E-state index in [1.807, 2.05) is 32.6 Å². The zero-order chi connectivity index (χ0) is 12.6. The summed E-state index contributed by atoms with van der Waals surface area (Å²) in [4.78, 5) is 13.9. The van der Waals surface area contributed by atoms with Crippen molar-refractivity contribution in [2.75, 3.05) is 6.54 Å². The smallest absolute Gasteiger partial charge is 0.410 e. The molecule has 2 aliphatic rings. The topological polar surface area (TPSA) is 42.1 Å². The Balaban J connectivity index is 1.92. The van der Waals surface area contributed by atoms with E-state index in [0.717, 1.165) is 19.3 Å². The number of hydrogen-bond acceptors (Lipinski definition) is 3. The normalized spacial score (nSPS) is 31.6. The number of rotatable bonds is 2. The summed E-state index contributed by atoms with van der Waals surface area (Å²) in [7, 11) is 0. The van der Waals surface area contributed by atoms with Gasteiger partial charge >= 0.3 is 6.09 Å². The third kappa shape index (κ3) is 3.12. The van der Waals surface area contributed by atoms with Crippen LogP contribution in [0, 0.1) is 0 Å². The molecule has 1 amide bonds. The van der Waals surface area contributed by atoms with Crippen LogP contribution in [0.5, 0.6) is 0 Å². The molecule has 1 saturated carbocycles. The maximum atomic E-state index is 12.1. The highest BCUT2D eigenvalue weighted by Crippen LogP contribution is 2.38. The van der Waals surface area contributed by atoms with Crippen LogP contribution in [0.1, 0.15) is 47.0 Å². The molecule has 0 aromatic rings. The molecule has 1 heterocycles. The Morgan fingerprint density at radius 3 is 2.59 bits per heavy atom. The van der Waals surface area contributed by atoms with Crippen molar-refractivity contribution in [3.8, 4) is 0 Å². The lowest BCUT2D eigenvalue weighted by atomic mass is 9.94. The molecular weight excluding hydrogens is 218 g/mol. The van der Waals surface area contributed by atoms with E-state index >= 15 is 0 Å². The predicted octanol–water partition coefficient (Wildman–Crippen LogP) is 2.56. The van der Waals surface area contributed by atoms with Gasteiger partial charge in [-0.15, -0.1) is 0 Å². The minimum absolute atomic E-state index is 0.191. The average Bonchev–Trinajstić information content (AvgIpc) is 2.93. The zero-order valence-electron chi connectivity index (χ0n) is 11.2. The second kappa shape index (κ2) is 4.48. The standard InChI is InChI=1S/C13H23NO3/c1-5-14(12(15)17-13(2,3)4)9-6-7-10-11(8-9)16-10/h9-11H,5-8H2,1-4H3. The van der Waals surface area contributed by atoms with Gasteiger partial charge in [-0.3, -0.25) is 0 Å². The van der Waals surface area contributed by atoms with Gasteiger partial charge in [0.05, 0.1) is 12.2 Å². The number of hydrogen-bond donors (Lipinski definition) is 0. The Labute approximate surface area is 103 Å². The Morgan fingerprint density at radius 1 is 1.35 bits per heavy atom. The van der Waals surface area contributed by atoms with Crippen LogP contribution in [0.15, 0.2) is 0 Å². The number of ether oxygens (including phenoxy) is 2. The van der Waals surface area contributed by atoms with Crippen LogP contribution in [0.25, 0.3) is 0 Å². The van der Waals surface area contributed by atoms with E-state index < -0.39 is 5.60 Å². The van der Waals surface area contributed by atoms with E-state index in [9.17, 15) is 4.79 Å². The highest BCUT2D eigenvalue weighted by atomic mass is 16.6.